The summed E-state index contributed by atoms with van der Waals surface area (Å²) < 4.78 is 7.53. The number of rotatable bonds is 7. The predicted octanol–water partition coefficient (Wildman–Crippen LogP) is 4.94. The first kappa shape index (κ1) is 20.3. The molecule has 5 nitrogen and oxygen atoms in total. The number of benzene rings is 2. The maximum Gasteiger partial charge on any atom is 0.227 e. The second-order valence-corrected chi connectivity index (χ2v) is 8.42. The Kier molecular flexibility index (Phi) is 5.63. The predicted molar refractivity (Wildman–Crippen MR) is 124 cm³/mol. The largest absolute Gasteiger partial charge is 0.467 e. The van der Waals surface area contributed by atoms with Gasteiger partial charge in [-0.1, -0.05) is 54.6 Å². The van der Waals surface area contributed by atoms with Gasteiger partial charge in [-0.2, -0.15) is 5.10 Å². The maximum atomic E-state index is 13.4. The standard InChI is InChI=1S/C27H27N3O2/c1-29-26-11-5-10-24(26)25(28-29)19-30(18-23-9-6-16-32-23)27(31)17-20-12-14-22(15-13-20)21-7-3-2-4-8-21/h2-4,6-9,12-16H,5,10-11,17-19H2,1H3. The zero-order valence-electron chi connectivity index (χ0n) is 18.3. The molecule has 4 aromatic rings. The van der Waals surface area contributed by atoms with Crippen LogP contribution in [0.25, 0.3) is 11.1 Å². The Labute approximate surface area is 188 Å². The van der Waals surface area contributed by atoms with Crippen LogP contribution in [0, 0.1) is 0 Å². The molecule has 162 valence electrons. The van der Waals surface area contributed by atoms with Gasteiger partial charge in [0.25, 0.3) is 0 Å². The normalized spacial score (nSPS) is 12.7. The highest BCUT2D eigenvalue weighted by atomic mass is 16.3. The molecule has 0 spiro atoms. The van der Waals surface area contributed by atoms with Crippen LogP contribution < -0.4 is 0 Å². The van der Waals surface area contributed by atoms with Crippen molar-refractivity contribution in [1.82, 2.24) is 14.7 Å². The van der Waals surface area contributed by atoms with Crippen LogP contribution in [0.5, 0.6) is 0 Å². The number of furan rings is 1. The molecule has 2 aromatic heterocycles. The SMILES string of the molecule is Cn1nc(CN(Cc2ccco2)C(=O)Cc2ccc(-c3ccccc3)cc2)c2c1CCC2. The number of hydrogen-bond acceptors (Lipinski definition) is 3. The van der Waals surface area contributed by atoms with Gasteiger partial charge in [0.1, 0.15) is 5.76 Å². The van der Waals surface area contributed by atoms with Crippen molar-refractivity contribution in [3.63, 3.8) is 0 Å². The van der Waals surface area contributed by atoms with Crippen LogP contribution in [0.4, 0.5) is 0 Å². The monoisotopic (exact) mass is 425 g/mol. The van der Waals surface area contributed by atoms with E-state index < -0.39 is 0 Å². The van der Waals surface area contributed by atoms with Gasteiger partial charge < -0.3 is 9.32 Å². The summed E-state index contributed by atoms with van der Waals surface area (Å²) in [7, 11) is 2.00. The van der Waals surface area contributed by atoms with Crippen molar-refractivity contribution >= 4 is 5.91 Å². The molecule has 32 heavy (non-hydrogen) atoms. The number of fused-ring (bicyclic) bond motifs is 1. The Hall–Kier alpha value is -3.60. The van der Waals surface area contributed by atoms with Gasteiger partial charge in [0.05, 0.1) is 31.5 Å². The Morgan fingerprint density at radius 1 is 0.969 bits per heavy atom. The number of nitrogens with zero attached hydrogens (tertiary/aromatic N) is 3. The van der Waals surface area contributed by atoms with Crippen molar-refractivity contribution in [2.45, 2.75) is 38.8 Å². The molecule has 2 heterocycles. The Morgan fingerprint density at radius 2 is 1.75 bits per heavy atom. The molecule has 0 radical (unpaired) electrons. The molecule has 0 N–H and O–H groups in total. The summed E-state index contributed by atoms with van der Waals surface area (Å²) >= 11 is 0. The van der Waals surface area contributed by atoms with Crippen molar-refractivity contribution in [2.24, 2.45) is 7.05 Å². The second-order valence-electron chi connectivity index (χ2n) is 8.42. The van der Waals surface area contributed by atoms with Crippen LogP contribution in [0.1, 0.15) is 34.7 Å². The quantitative estimate of drug-likeness (QED) is 0.421. The van der Waals surface area contributed by atoms with Crippen molar-refractivity contribution in [3.8, 4) is 11.1 Å². The van der Waals surface area contributed by atoms with Gasteiger partial charge in [-0.05, 0) is 53.6 Å². The maximum absolute atomic E-state index is 13.4. The molecule has 0 bridgehead atoms. The number of aryl methyl sites for hydroxylation is 1. The molecule has 5 heteroatoms. The Morgan fingerprint density at radius 3 is 2.50 bits per heavy atom. The average Bonchev–Trinajstić information content (AvgIpc) is 3.56. The molecule has 2 aromatic carbocycles. The fourth-order valence-corrected chi connectivity index (χ4v) is 4.56. The lowest BCUT2D eigenvalue weighted by Crippen LogP contribution is -2.31. The smallest absolute Gasteiger partial charge is 0.227 e. The first-order valence-corrected chi connectivity index (χ1v) is 11.2. The third-order valence-electron chi connectivity index (χ3n) is 6.23. The van der Waals surface area contributed by atoms with Gasteiger partial charge in [0, 0.05) is 12.7 Å². The third-order valence-corrected chi connectivity index (χ3v) is 6.23. The minimum atomic E-state index is 0.0752. The van der Waals surface area contributed by atoms with E-state index in [2.05, 4.69) is 24.3 Å². The molecule has 1 amide bonds. The molecule has 1 aliphatic carbocycles. The fourth-order valence-electron chi connectivity index (χ4n) is 4.56. The molecule has 0 fully saturated rings. The van der Waals surface area contributed by atoms with E-state index in [-0.39, 0.29) is 5.91 Å². The van der Waals surface area contributed by atoms with Crippen LogP contribution in [-0.2, 0) is 44.2 Å². The molecule has 0 saturated carbocycles. The number of amides is 1. The summed E-state index contributed by atoms with van der Waals surface area (Å²) in [5.74, 6) is 0.858. The van der Waals surface area contributed by atoms with E-state index in [0.717, 1.165) is 41.8 Å². The molecule has 0 atom stereocenters. The van der Waals surface area contributed by atoms with Crippen LogP contribution in [0.3, 0.4) is 0 Å². The van der Waals surface area contributed by atoms with Crippen LogP contribution in [0.2, 0.25) is 0 Å². The number of carbonyl (C=O) groups is 1. The van der Waals surface area contributed by atoms with E-state index in [9.17, 15) is 4.79 Å². The summed E-state index contributed by atoms with van der Waals surface area (Å²) in [5, 5.41) is 4.73. The van der Waals surface area contributed by atoms with Crippen molar-refractivity contribution < 1.29 is 9.21 Å². The zero-order valence-corrected chi connectivity index (χ0v) is 18.3. The highest BCUT2D eigenvalue weighted by Crippen LogP contribution is 2.26. The van der Waals surface area contributed by atoms with Gasteiger partial charge in [0.15, 0.2) is 0 Å². The number of aromatic nitrogens is 2. The summed E-state index contributed by atoms with van der Waals surface area (Å²) in [6, 6.07) is 22.3. The molecule has 0 unspecified atom stereocenters. The first-order valence-electron chi connectivity index (χ1n) is 11.2. The van der Waals surface area contributed by atoms with Crippen molar-refractivity contribution in [3.05, 3.63) is 101 Å². The van der Waals surface area contributed by atoms with E-state index in [1.807, 2.05) is 59.1 Å². The first-order chi connectivity index (χ1) is 15.7. The molecule has 5 rings (SSSR count). The van der Waals surface area contributed by atoms with Crippen LogP contribution in [0.15, 0.2) is 77.4 Å². The average molecular weight is 426 g/mol. The third kappa shape index (κ3) is 4.24. The minimum absolute atomic E-state index is 0.0752. The lowest BCUT2D eigenvalue weighted by Gasteiger charge is -2.21. The highest BCUT2D eigenvalue weighted by Gasteiger charge is 2.24. The van der Waals surface area contributed by atoms with Crippen molar-refractivity contribution in [1.29, 1.82) is 0 Å². The molecule has 1 aliphatic rings. The van der Waals surface area contributed by atoms with Crippen LogP contribution in [-0.4, -0.2) is 20.6 Å². The van der Waals surface area contributed by atoms with Crippen LogP contribution >= 0.6 is 0 Å². The van der Waals surface area contributed by atoms with Crippen molar-refractivity contribution in [2.75, 3.05) is 0 Å². The summed E-state index contributed by atoms with van der Waals surface area (Å²) in [4.78, 5) is 15.2. The lowest BCUT2D eigenvalue weighted by atomic mass is 10.0. The molecule has 0 saturated heterocycles. The molecular weight excluding hydrogens is 398 g/mol. The molecular formula is C27H27N3O2. The second kappa shape index (κ2) is 8.87. The van der Waals surface area contributed by atoms with Gasteiger partial charge in [-0.3, -0.25) is 9.48 Å². The van der Waals surface area contributed by atoms with E-state index in [0.29, 0.717) is 19.5 Å². The lowest BCUT2D eigenvalue weighted by molar-refractivity contribution is -0.132. The Bertz CT molecular complexity index is 1190. The highest BCUT2D eigenvalue weighted by molar-refractivity contribution is 5.79. The Balaban J connectivity index is 1.34. The van der Waals surface area contributed by atoms with E-state index in [4.69, 9.17) is 9.52 Å². The van der Waals surface area contributed by atoms with Gasteiger partial charge in [0.2, 0.25) is 5.91 Å². The topological polar surface area (TPSA) is 51.3 Å². The number of carbonyl (C=O) groups excluding carboxylic acids is 1. The zero-order chi connectivity index (χ0) is 21.9. The van der Waals surface area contributed by atoms with Gasteiger partial charge in [-0.15, -0.1) is 0 Å². The molecule has 0 aliphatic heterocycles. The van der Waals surface area contributed by atoms with Gasteiger partial charge >= 0.3 is 0 Å². The minimum Gasteiger partial charge on any atom is -0.467 e. The number of hydrogen-bond donors (Lipinski definition) is 0. The van der Waals surface area contributed by atoms with Gasteiger partial charge in [-0.25, -0.2) is 0 Å². The fraction of sp³-hybridized carbons (Fsp3) is 0.259. The summed E-state index contributed by atoms with van der Waals surface area (Å²) in [6.07, 6.45) is 5.28. The summed E-state index contributed by atoms with van der Waals surface area (Å²) in [6.45, 7) is 0.948. The van der Waals surface area contributed by atoms with E-state index in [1.165, 1.54) is 16.8 Å². The summed E-state index contributed by atoms with van der Waals surface area (Å²) in [5.41, 5.74) is 6.97. The van der Waals surface area contributed by atoms with E-state index >= 15 is 0 Å². The van der Waals surface area contributed by atoms with E-state index in [1.54, 1.807) is 6.26 Å².